The first-order valence-electron chi connectivity index (χ1n) is 8.59. The molecule has 6 nitrogen and oxygen atoms in total. The standard InChI is InChI=1S/C20H21N5O/c1-14-8-9-18-17(10-14)23-19-16(12-22-24(19)2)13-25(18)20(26)21-11-15-6-4-3-5-7-15/h3-10,12,23H,11,13H2,1-2H3,(H,21,26). The minimum absolute atomic E-state index is 0.127. The summed E-state index contributed by atoms with van der Waals surface area (Å²) in [5.41, 5.74) is 4.95. The summed E-state index contributed by atoms with van der Waals surface area (Å²) in [4.78, 5) is 14.7. The Kier molecular flexibility index (Phi) is 4.08. The molecule has 0 bridgehead atoms. The average molecular weight is 347 g/mol. The van der Waals surface area contributed by atoms with Gasteiger partial charge in [0.2, 0.25) is 0 Å². The summed E-state index contributed by atoms with van der Waals surface area (Å²) < 4.78 is 1.80. The Morgan fingerprint density at radius 2 is 2.04 bits per heavy atom. The topological polar surface area (TPSA) is 62.2 Å². The van der Waals surface area contributed by atoms with Gasteiger partial charge in [-0.2, -0.15) is 5.10 Å². The van der Waals surface area contributed by atoms with E-state index in [2.05, 4.69) is 21.8 Å². The van der Waals surface area contributed by atoms with Crippen LogP contribution in [-0.4, -0.2) is 15.8 Å². The van der Waals surface area contributed by atoms with Crippen molar-refractivity contribution in [2.45, 2.75) is 20.0 Å². The quantitative estimate of drug-likeness (QED) is 0.743. The van der Waals surface area contributed by atoms with Crippen LogP contribution in [0.2, 0.25) is 0 Å². The van der Waals surface area contributed by atoms with E-state index in [0.717, 1.165) is 33.9 Å². The van der Waals surface area contributed by atoms with Crippen LogP contribution in [0.3, 0.4) is 0 Å². The van der Waals surface area contributed by atoms with Crippen LogP contribution >= 0.6 is 0 Å². The third kappa shape index (κ3) is 3.01. The lowest BCUT2D eigenvalue weighted by molar-refractivity contribution is 0.245. The zero-order chi connectivity index (χ0) is 18.1. The number of amides is 2. The van der Waals surface area contributed by atoms with Gasteiger partial charge in [0, 0.05) is 19.2 Å². The molecular weight excluding hydrogens is 326 g/mol. The molecule has 1 aromatic heterocycles. The maximum Gasteiger partial charge on any atom is 0.322 e. The van der Waals surface area contributed by atoms with Gasteiger partial charge in [-0.1, -0.05) is 36.4 Å². The predicted molar refractivity (Wildman–Crippen MR) is 103 cm³/mol. The molecule has 132 valence electrons. The molecule has 0 aliphatic carbocycles. The van der Waals surface area contributed by atoms with E-state index >= 15 is 0 Å². The van der Waals surface area contributed by atoms with Crippen LogP contribution in [0.15, 0.2) is 54.7 Å². The highest BCUT2D eigenvalue weighted by Gasteiger charge is 2.25. The Bertz CT molecular complexity index is 948. The Labute approximate surface area is 152 Å². The van der Waals surface area contributed by atoms with Crippen LogP contribution in [-0.2, 0) is 20.1 Å². The van der Waals surface area contributed by atoms with E-state index < -0.39 is 0 Å². The van der Waals surface area contributed by atoms with Crippen LogP contribution < -0.4 is 15.5 Å². The molecule has 0 atom stereocenters. The summed E-state index contributed by atoms with van der Waals surface area (Å²) in [7, 11) is 1.90. The SMILES string of the molecule is Cc1ccc2c(c1)Nc1c(cnn1C)CN2C(=O)NCc1ccccc1. The lowest BCUT2D eigenvalue weighted by atomic mass is 10.2. The number of nitrogens with zero attached hydrogens (tertiary/aromatic N) is 3. The van der Waals surface area contributed by atoms with E-state index in [-0.39, 0.29) is 6.03 Å². The number of hydrogen-bond acceptors (Lipinski definition) is 3. The van der Waals surface area contributed by atoms with E-state index in [1.54, 1.807) is 15.8 Å². The molecule has 2 amide bonds. The maximum absolute atomic E-state index is 12.9. The highest BCUT2D eigenvalue weighted by Crippen LogP contribution is 2.36. The monoisotopic (exact) mass is 347 g/mol. The van der Waals surface area contributed by atoms with E-state index in [1.807, 2.05) is 56.4 Å². The summed E-state index contributed by atoms with van der Waals surface area (Å²) in [5.74, 6) is 0.912. The molecular formula is C20H21N5O. The number of benzene rings is 2. The molecule has 26 heavy (non-hydrogen) atoms. The second kappa shape index (κ2) is 6.55. The van der Waals surface area contributed by atoms with Gasteiger partial charge in [0.25, 0.3) is 0 Å². The highest BCUT2D eigenvalue weighted by atomic mass is 16.2. The van der Waals surface area contributed by atoms with Crippen molar-refractivity contribution < 1.29 is 4.79 Å². The number of anilines is 3. The number of rotatable bonds is 2. The van der Waals surface area contributed by atoms with Gasteiger partial charge < -0.3 is 10.6 Å². The van der Waals surface area contributed by atoms with Crippen molar-refractivity contribution in [1.82, 2.24) is 15.1 Å². The van der Waals surface area contributed by atoms with Crippen LogP contribution in [0.5, 0.6) is 0 Å². The Balaban J connectivity index is 1.65. The molecule has 0 saturated heterocycles. The number of nitrogens with one attached hydrogen (secondary N) is 2. The fourth-order valence-corrected chi connectivity index (χ4v) is 3.18. The Morgan fingerprint density at radius 3 is 2.85 bits per heavy atom. The molecule has 0 radical (unpaired) electrons. The van der Waals surface area contributed by atoms with Crippen molar-refractivity contribution in [3.63, 3.8) is 0 Å². The summed E-state index contributed by atoms with van der Waals surface area (Å²) in [6.07, 6.45) is 1.80. The van der Waals surface area contributed by atoms with Gasteiger partial charge >= 0.3 is 6.03 Å². The number of hydrogen-bond donors (Lipinski definition) is 2. The van der Waals surface area contributed by atoms with Gasteiger partial charge in [0.15, 0.2) is 0 Å². The molecule has 3 aromatic rings. The van der Waals surface area contributed by atoms with Gasteiger partial charge in [0.1, 0.15) is 5.82 Å². The van der Waals surface area contributed by atoms with Crippen LogP contribution in [0.4, 0.5) is 22.0 Å². The highest BCUT2D eigenvalue weighted by molar-refractivity contribution is 5.97. The minimum atomic E-state index is -0.127. The number of carbonyl (C=O) groups excluding carboxylic acids is 1. The fourth-order valence-electron chi connectivity index (χ4n) is 3.18. The number of fused-ring (bicyclic) bond motifs is 2. The molecule has 0 spiro atoms. The maximum atomic E-state index is 12.9. The van der Waals surface area contributed by atoms with Crippen molar-refractivity contribution in [2.75, 3.05) is 10.2 Å². The number of carbonyl (C=O) groups is 1. The predicted octanol–water partition coefficient (Wildman–Crippen LogP) is 3.70. The van der Waals surface area contributed by atoms with Crippen molar-refractivity contribution in [3.8, 4) is 0 Å². The van der Waals surface area contributed by atoms with Gasteiger partial charge in [-0.25, -0.2) is 4.79 Å². The fraction of sp³-hybridized carbons (Fsp3) is 0.200. The van der Waals surface area contributed by atoms with E-state index in [4.69, 9.17) is 0 Å². The first kappa shape index (κ1) is 16.2. The van der Waals surface area contributed by atoms with E-state index in [9.17, 15) is 4.79 Å². The summed E-state index contributed by atoms with van der Waals surface area (Å²) >= 11 is 0. The van der Waals surface area contributed by atoms with Crippen LogP contribution in [0, 0.1) is 6.92 Å². The van der Waals surface area contributed by atoms with Crippen molar-refractivity contribution in [2.24, 2.45) is 7.05 Å². The molecule has 4 rings (SSSR count). The molecule has 1 aliphatic heterocycles. The molecule has 0 fully saturated rings. The Hall–Kier alpha value is -3.28. The third-order valence-corrected chi connectivity index (χ3v) is 4.57. The molecule has 2 aromatic carbocycles. The molecule has 2 heterocycles. The van der Waals surface area contributed by atoms with Crippen molar-refractivity contribution in [1.29, 1.82) is 0 Å². The Morgan fingerprint density at radius 1 is 1.23 bits per heavy atom. The number of urea groups is 1. The third-order valence-electron chi connectivity index (χ3n) is 4.57. The molecule has 0 unspecified atom stereocenters. The van der Waals surface area contributed by atoms with Crippen molar-refractivity contribution in [3.05, 3.63) is 71.4 Å². The average Bonchev–Trinajstić information content (AvgIpc) is 2.90. The molecule has 1 aliphatic rings. The van der Waals surface area contributed by atoms with Gasteiger partial charge in [0.05, 0.1) is 24.1 Å². The zero-order valence-electron chi connectivity index (χ0n) is 14.9. The lowest BCUT2D eigenvalue weighted by Gasteiger charge is -2.23. The minimum Gasteiger partial charge on any atom is -0.338 e. The van der Waals surface area contributed by atoms with Gasteiger partial charge in [-0.3, -0.25) is 9.58 Å². The lowest BCUT2D eigenvalue weighted by Crippen LogP contribution is -2.39. The number of aromatic nitrogens is 2. The first-order chi connectivity index (χ1) is 12.6. The second-order valence-corrected chi connectivity index (χ2v) is 6.52. The summed E-state index contributed by atoms with van der Waals surface area (Å²) in [5, 5.41) is 10.8. The largest absolute Gasteiger partial charge is 0.338 e. The van der Waals surface area contributed by atoms with Crippen LogP contribution in [0.1, 0.15) is 16.7 Å². The molecule has 6 heteroatoms. The number of aryl methyl sites for hydroxylation is 2. The molecule has 0 saturated carbocycles. The molecule has 2 N–H and O–H groups in total. The van der Waals surface area contributed by atoms with Gasteiger partial charge in [-0.05, 0) is 30.2 Å². The normalized spacial score (nSPS) is 12.6. The smallest absolute Gasteiger partial charge is 0.322 e. The van der Waals surface area contributed by atoms with Crippen LogP contribution in [0.25, 0.3) is 0 Å². The first-order valence-corrected chi connectivity index (χ1v) is 8.59. The van der Waals surface area contributed by atoms with Crippen molar-refractivity contribution >= 4 is 23.2 Å². The summed E-state index contributed by atoms with van der Waals surface area (Å²) in [6, 6.07) is 15.8. The summed E-state index contributed by atoms with van der Waals surface area (Å²) in [6.45, 7) is 2.99. The van der Waals surface area contributed by atoms with E-state index in [0.29, 0.717) is 13.1 Å². The second-order valence-electron chi connectivity index (χ2n) is 6.52. The van der Waals surface area contributed by atoms with E-state index in [1.165, 1.54) is 0 Å². The zero-order valence-corrected chi connectivity index (χ0v) is 14.9. The van der Waals surface area contributed by atoms with Gasteiger partial charge in [-0.15, -0.1) is 0 Å².